The van der Waals surface area contributed by atoms with Gasteiger partial charge in [-0.2, -0.15) is 0 Å². The van der Waals surface area contributed by atoms with Gasteiger partial charge in [0.2, 0.25) is 0 Å². The lowest BCUT2D eigenvalue weighted by atomic mass is 9.68. The average Bonchev–Trinajstić information content (AvgIpc) is 3.19. The predicted octanol–water partition coefficient (Wildman–Crippen LogP) is 5.55. The number of carbonyl (C=O) groups is 2. The minimum Gasteiger partial charge on any atom is -0.497 e. The van der Waals surface area contributed by atoms with E-state index in [1.807, 2.05) is 55.5 Å². The van der Waals surface area contributed by atoms with E-state index >= 15 is 0 Å². The number of hydrogen-bond donors (Lipinski definition) is 2. The second-order valence-electron chi connectivity index (χ2n) is 9.64. The first-order valence-electron chi connectivity index (χ1n) is 11.3. The Morgan fingerprint density at radius 3 is 2.59 bits per heavy atom. The van der Waals surface area contributed by atoms with Gasteiger partial charge < -0.3 is 10.1 Å². The Morgan fingerprint density at radius 2 is 1.88 bits per heavy atom. The molecule has 0 saturated carbocycles. The Balaban J connectivity index is 1.57. The summed E-state index contributed by atoms with van der Waals surface area (Å²) in [5, 5.41) is 6.94. The topological polar surface area (TPSA) is 80.3 Å². The number of dihydropyridines is 1. The van der Waals surface area contributed by atoms with Crippen molar-refractivity contribution in [2.45, 2.75) is 39.5 Å². The van der Waals surface area contributed by atoms with Gasteiger partial charge in [0, 0.05) is 34.9 Å². The summed E-state index contributed by atoms with van der Waals surface area (Å²) in [6.45, 7) is 6.11. The molecule has 1 amide bonds. The van der Waals surface area contributed by atoms with Crippen molar-refractivity contribution < 1.29 is 14.3 Å². The molecule has 1 aliphatic carbocycles. The average molecular weight is 474 g/mol. The third kappa shape index (κ3) is 4.01. The molecular formula is C27H27N3O3S. The van der Waals surface area contributed by atoms with Gasteiger partial charge in [-0.25, -0.2) is 4.98 Å². The molecule has 2 aromatic carbocycles. The lowest BCUT2D eigenvalue weighted by molar-refractivity contribution is -0.118. The number of carbonyl (C=O) groups excluding carboxylic acids is 2. The fourth-order valence-electron chi connectivity index (χ4n) is 4.96. The second-order valence-corrected chi connectivity index (χ2v) is 10.7. The van der Waals surface area contributed by atoms with Crippen molar-refractivity contribution in [2.24, 2.45) is 5.41 Å². The molecule has 0 radical (unpaired) electrons. The van der Waals surface area contributed by atoms with E-state index in [9.17, 15) is 9.59 Å². The van der Waals surface area contributed by atoms with Crippen LogP contribution in [0.4, 0.5) is 5.13 Å². The van der Waals surface area contributed by atoms with Gasteiger partial charge in [0.25, 0.3) is 5.91 Å². The summed E-state index contributed by atoms with van der Waals surface area (Å²) in [4.78, 5) is 31.6. The molecule has 6 nitrogen and oxygen atoms in total. The number of fused-ring (bicyclic) bond motifs is 1. The number of nitrogens with zero attached hydrogens (tertiary/aromatic N) is 1. The molecule has 1 aliphatic heterocycles. The fourth-order valence-corrected chi connectivity index (χ4v) is 5.82. The van der Waals surface area contributed by atoms with Crippen molar-refractivity contribution >= 4 is 38.4 Å². The van der Waals surface area contributed by atoms with Crippen LogP contribution in [-0.2, 0) is 9.59 Å². The third-order valence-corrected chi connectivity index (χ3v) is 7.40. The molecule has 34 heavy (non-hydrogen) atoms. The molecule has 0 fully saturated rings. The number of nitrogens with one attached hydrogen (secondary N) is 2. The monoisotopic (exact) mass is 473 g/mol. The van der Waals surface area contributed by atoms with E-state index < -0.39 is 5.92 Å². The van der Waals surface area contributed by atoms with Crippen LogP contribution < -0.4 is 15.4 Å². The molecule has 2 aliphatic rings. The molecule has 0 spiro atoms. The molecule has 5 rings (SSSR count). The van der Waals surface area contributed by atoms with E-state index in [4.69, 9.17) is 4.74 Å². The van der Waals surface area contributed by atoms with E-state index in [-0.39, 0.29) is 17.1 Å². The maximum Gasteiger partial charge on any atom is 0.256 e. The van der Waals surface area contributed by atoms with Gasteiger partial charge in [-0.05, 0) is 48.6 Å². The first kappa shape index (κ1) is 22.3. The molecule has 7 heteroatoms. The maximum absolute atomic E-state index is 13.7. The first-order valence-corrected chi connectivity index (χ1v) is 12.1. The van der Waals surface area contributed by atoms with E-state index in [1.165, 1.54) is 11.3 Å². The number of ether oxygens (including phenoxy) is 1. The number of benzene rings is 2. The standard InChI is InChI=1S/C27H27N3O3S/c1-15-22(25(32)30-26-29-18-7-5-6-8-21(18)34-26)23(16-9-11-17(33-4)12-10-16)24-19(28-15)13-27(2,3)14-20(24)31/h5-12,23,28H,13-14H2,1-4H3,(H,29,30,32)/t23-/m1/s1. The van der Waals surface area contributed by atoms with Crippen LogP contribution >= 0.6 is 11.3 Å². The quantitative estimate of drug-likeness (QED) is 0.519. The van der Waals surface area contributed by atoms with Crippen molar-refractivity contribution in [1.82, 2.24) is 10.3 Å². The van der Waals surface area contributed by atoms with Crippen LogP contribution in [0, 0.1) is 5.41 Å². The molecule has 1 atom stereocenters. The van der Waals surface area contributed by atoms with Crippen LogP contribution in [0.15, 0.2) is 71.1 Å². The van der Waals surface area contributed by atoms with E-state index in [0.29, 0.717) is 22.7 Å². The van der Waals surface area contributed by atoms with E-state index in [2.05, 4.69) is 29.5 Å². The van der Waals surface area contributed by atoms with Crippen LogP contribution in [0.2, 0.25) is 0 Å². The highest BCUT2D eigenvalue weighted by atomic mass is 32.1. The Kier molecular flexibility index (Phi) is 5.52. The number of rotatable bonds is 4. The van der Waals surface area contributed by atoms with Gasteiger partial charge in [-0.1, -0.05) is 49.4 Å². The Bertz CT molecular complexity index is 1330. The Labute approximate surface area is 202 Å². The number of aromatic nitrogens is 1. The van der Waals surface area contributed by atoms with Gasteiger partial charge in [-0.3, -0.25) is 14.9 Å². The van der Waals surface area contributed by atoms with Gasteiger partial charge in [0.15, 0.2) is 10.9 Å². The normalized spacial score (nSPS) is 19.6. The molecule has 1 aromatic heterocycles. The van der Waals surface area contributed by atoms with Gasteiger partial charge in [0.05, 0.1) is 17.3 Å². The van der Waals surface area contributed by atoms with Crippen LogP contribution in [0.3, 0.4) is 0 Å². The summed E-state index contributed by atoms with van der Waals surface area (Å²) in [6.07, 6.45) is 1.21. The minimum absolute atomic E-state index is 0.0809. The molecule has 174 valence electrons. The summed E-state index contributed by atoms with van der Waals surface area (Å²) in [7, 11) is 1.62. The summed E-state index contributed by atoms with van der Waals surface area (Å²) < 4.78 is 6.33. The highest BCUT2D eigenvalue weighted by Crippen LogP contribution is 2.47. The zero-order chi connectivity index (χ0) is 24.0. The van der Waals surface area contributed by atoms with Crippen LogP contribution in [0.1, 0.15) is 45.1 Å². The minimum atomic E-state index is -0.458. The highest BCUT2D eigenvalue weighted by molar-refractivity contribution is 7.22. The number of Topliss-reactive ketones (excluding diaryl/α,β-unsaturated/α-hetero) is 1. The summed E-state index contributed by atoms with van der Waals surface area (Å²) >= 11 is 1.43. The van der Waals surface area contributed by atoms with Crippen molar-refractivity contribution in [3.8, 4) is 5.75 Å². The molecule has 0 bridgehead atoms. The summed E-state index contributed by atoms with van der Waals surface area (Å²) in [5.74, 6) is 0.0933. The lowest BCUT2D eigenvalue weighted by Gasteiger charge is -2.39. The van der Waals surface area contributed by atoms with Crippen molar-refractivity contribution in [1.29, 1.82) is 0 Å². The molecule has 2 heterocycles. The van der Waals surface area contributed by atoms with Crippen molar-refractivity contribution in [2.75, 3.05) is 12.4 Å². The van der Waals surface area contributed by atoms with Crippen molar-refractivity contribution in [3.05, 3.63) is 76.6 Å². The van der Waals surface area contributed by atoms with Gasteiger partial charge in [0.1, 0.15) is 5.75 Å². The summed E-state index contributed by atoms with van der Waals surface area (Å²) in [5.41, 5.74) is 4.49. The van der Waals surface area contributed by atoms with Crippen LogP contribution in [0.25, 0.3) is 10.2 Å². The number of allylic oxidation sites excluding steroid dienone is 3. The number of ketones is 1. The van der Waals surface area contributed by atoms with Crippen LogP contribution in [-0.4, -0.2) is 23.8 Å². The SMILES string of the molecule is COc1ccc([C@@H]2C(C(=O)Nc3nc4ccccc4s3)=C(C)NC3=C2C(=O)CC(C)(C)C3)cc1. The van der Waals surface area contributed by atoms with Gasteiger partial charge in [-0.15, -0.1) is 0 Å². The number of thiazole rings is 1. The van der Waals surface area contributed by atoms with Crippen molar-refractivity contribution in [3.63, 3.8) is 0 Å². The molecule has 0 unspecified atom stereocenters. The second kappa shape index (κ2) is 8.40. The smallest absolute Gasteiger partial charge is 0.256 e. The van der Waals surface area contributed by atoms with Crippen LogP contribution in [0.5, 0.6) is 5.75 Å². The molecular weight excluding hydrogens is 446 g/mol. The Hall–Kier alpha value is -3.45. The largest absolute Gasteiger partial charge is 0.497 e. The van der Waals surface area contributed by atoms with E-state index in [1.54, 1.807) is 7.11 Å². The molecule has 2 N–H and O–H groups in total. The number of anilines is 1. The Morgan fingerprint density at radius 1 is 1.15 bits per heavy atom. The highest BCUT2D eigenvalue weighted by Gasteiger charge is 2.42. The fraction of sp³-hybridized carbons (Fsp3) is 0.296. The maximum atomic E-state index is 13.7. The number of amides is 1. The predicted molar refractivity (Wildman–Crippen MR) is 135 cm³/mol. The molecule has 0 saturated heterocycles. The zero-order valence-corrected chi connectivity index (χ0v) is 20.5. The zero-order valence-electron chi connectivity index (χ0n) is 19.7. The lowest BCUT2D eigenvalue weighted by Crippen LogP contribution is -2.39. The third-order valence-electron chi connectivity index (χ3n) is 6.45. The molecule has 3 aromatic rings. The number of para-hydroxylation sites is 1. The first-order chi connectivity index (χ1) is 16.3. The van der Waals surface area contributed by atoms with E-state index in [0.717, 1.165) is 39.3 Å². The van der Waals surface area contributed by atoms with Gasteiger partial charge >= 0.3 is 0 Å². The number of hydrogen-bond acceptors (Lipinski definition) is 6. The summed E-state index contributed by atoms with van der Waals surface area (Å²) in [6, 6.07) is 15.4. The number of methoxy groups -OCH3 is 1.